The van der Waals surface area contributed by atoms with Gasteiger partial charge in [0.1, 0.15) is 11.2 Å². The number of hydrogen-bond donors (Lipinski definition) is 2. The quantitative estimate of drug-likeness (QED) is 0.270. The van der Waals surface area contributed by atoms with Gasteiger partial charge in [-0.25, -0.2) is 9.78 Å². The number of rotatable bonds is 5. The first-order valence-corrected chi connectivity index (χ1v) is 15.2. The van der Waals surface area contributed by atoms with E-state index < -0.39 is 11.4 Å². The topological polar surface area (TPSA) is 104 Å². The van der Waals surface area contributed by atoms with Crippen LogP contribution in [0.25, 0.3) is 33.3 Å². The molecule has 3 aromatic heterocycles. The van der Waals surface area contributed by atoms with E-state index in [1.165, 1.54) is 19.0 Å². The van der Waals surface area contributed by atoms with E-state index >= 15 is 0 Å². The van der Waals surface area contributed by atoms with Gasteiger partial charge < -0.3 is 24.8 Å². The summed E-state index contributed by atoms with van der Waals surface area (Å²) in [6.07, 6.45) is 7.89. The van der Waals surface area contributed by atoms with Crippen molar-refractivity contribution in [1.29, 1.82) is 0 Å². The number of benzene rings is 1. The van der Waals surface area contributed by atoms with Crippen molar-refractivity contribution in [3.63, 3.8) is 0 Å². The summed E-state index contributed by atoms with van der Waals surface area (Å²) >= 11 is 13.6. The lowest BCUT2D eigenvalue weighted by atomic mass is 9.97. The summed E-state index contributed by atoms with van der Waals surface area (Å²) < 4.78 is 1.58. The van der Waals surface area contributed by atoms with E-state index in [1.807, 2.05) is 19.3 Å². The molecule has 2 N–H and O–H groups in total. The second-order valence-corrected chi connectivity index (χ2v) is 12.9. The average Bonchev–Trinajstić information content (AvgIpc) is 3.68. The maximum atomic E-state index is 13.3. The molecule has 11 heteroatoms. The minimum absolute atomic E-state index is 0.247. The number of anilines is 2. The number of hydrogen-bond acceptors (Lipinski definition) is 7. The van der Waals surface area contributed by atoms with E-state index in [4.69, 9.17) is 28.2 Å². The molecule has 0 amide bonds. The molecule has 1 saturated heterocycles. The smallest absolute Gasteiger partial charge is 0.341 e. The summed E-state index contributed by atoms with van der Waals surface area (Å²) in [6.45, 7) is 1.78. The molecule has 0 bridgehead atoms. The van der Waals surface area contributed by atoms with Crippen molar-refractivity contribution in [1.82, 2.24) is 19.4 Å². The van der Waals surface area contributed by atoms with E-state index in [0.717, 1.165) is 52.4 Å². The first-order chi connectivity index (χ1) is 20.6. The number of nitrogens with zero attached hydrogens (tertiary/aromatic N) is 5. The van der Waals surface area contributed by atoms with Crippen LogP contribution in [0.5, 0.6) is 0 Å². The molecule has 2 fully saturated rings. The Labute approximate surface area is 259 Å². The largest absolute Gasteiger partial charge is 0.477 e. The Kier molecular flexibility index (Phi) is 6.68. The van der Waals surface area contributed by atoms with Crippen molar-refractivity contribution in [2.75, 3.05) is 44.4 Å². The molecule has 7 rings (SSSR count). The third kappa shape index (κ3) is 4.24. The summed E-state index contributed by atoms with van der Waals surface area (Å²) in [4.78, 5) is 39.5. The van der Waals surface area contributed by atoms with Gasteiger partial charge in [0.25, 0.3) is 0 Å². The summed E-state index contributed by atoms with van der Waals surface area (Å²) in [6, 6.07) is 4.12. The predicted octanol–water partition coefficient (Wildman–Crippen LogP) is 5.39. The number of carbonyl (C=O) groups is 1. The van der Waals surface area contributed by atoms with Gasteiger partial charge in [-0.1, -0.05) is 23.2 Å². The van der Waals surface area contributed by atoms with Crippen LogP contribution in [-0.4, -0.2) is 70.8 Å². The third-order valence-corrected chi connectivity index (χ3v) is 10.5. The molecule has 1 aromatic carbocycles. The Hall–Kier alpha value is -3.66. The molecule has 1 unspecified atom stereocenters. The summed E-state index contributed by atoms with van der Waals surface area (Å²) in [5.41, 5.74) is 6.83. The monoisotopic (exact) mass is 618 g/mol. The Morgan fingerprint density at radius 1 is 1.12 bits per heavy atom. The van der Waals surface area contributed by atoms with Gasteiger partial charge in [0.15, 0.2) is 0 Å². The number of aromatic nitrogens is 3. The fraction of sp³-hybridized carbons (Fsp3) is 0.375. The molecular weight excluding hydrogens is 587 g/mol. The zero-order valence-electron chi connectivity index (χ0n) is 24.4. The van der Waals surface area contributed by atoms with Crippen molar-refractivity contribution in [2.24, 2.45) is 18.9 Å². The maximum Gasteiger partial charge on any atom is 0.341 e. The number of pyridine rings is 3. The van der Waals surface area contributed by atoms with E-state index in [9.17, 15) is 14.7 Å². The molecule has 3 aliphatic rings. The van der Waals surface area contributed by atoms with Crippen LogP contribution in [0.2, 0.25) is 10.0 Å². The highest BCUT2D eigenvalue weighted by Crippen LogP contribution is 2.54. The minimum atomic E-state index is -1.27. The lowest BCUT2D eigenvalue weighted by Gasteiger charge is -2.29. The summed E-state index contributed by atoms with van der Waals surface area (Å²) in [7, 11) is 7.89. The summed E-state index contributed by atoms with van der Waals surface area (Å²) in [5, 5.41) is 14.2. The van der Waals surface area contributed by atoms with E-state index in [1.54, 1.807) is 23.9 Å². The number of carboxylic acid groups (broad SMARTS) is 1. The van der Waals surface area contributed by atoms with Crippen molar-refractivity contribution < 1.29 is 9.90 Å². The van der Waals surface area contributed by atoms with Gasteiger partial charge in [-0.2, -0.15) is 0 Å². The number of nitrogens with one attached hydrogen (secondary N) is 1. The van der Waals surface area contributed by atoms with E-state index in [-0.39, 0.29) is 10.9 Å². The zero-order valence-corrected chi connectivity index (χ0v) is 25.9. The van der Waals surface area contributed by atoms with Crippen LogP contribution >= 0.6 is 23.2 Å². The number of aryl methyl sites for hydroxylation is 1. The van der Waals surface area contributed by atoms with Crippen molar-refractivity contribution in [2.45, 2.75) is 25.3 Å². The fourth-order valence-electron chi connectivity index (χ4n) is 7.70. The minimum Gasteiger partial charge on any atom is -0.477 e. The molecular formula is C32H32Cl2N6O3. The highest BCUT2D eigenvalue weighted by atomic mass is 35.5. The summed E-state index contributed by atoms with van der Waals surface area (Å²) in [5.74, 6) is -0.182. The van der Waals surface area contributed by atoms with Crippen LogP contribution in [0, 0.1) is 11.8 Å². The lowest BCUT2D eigenvalue weighted by molar-refractivity contribution is 0.0695. The van der Waals surface area contributed by atoms with Gasteiger partial charge in [0, 0.05) is 86.2 Å². The highest BCUT2D eigenvalue weighted by Gasteiger charge is 2.45. The van der Waals surface area contributed by atoms with Gasteiger partial charge in [0.05, 0.1) is 26.8 Å². The third-order valence-electron chi connectivity index (χ3n) is 9.67. The highest BCUT2D eigenvalue weighted by molar-refractivity contribution is 6.44. The molecule has 222 valence electrons. The van der Waals surface area contributed by atoms with Crippen LogP contribution in [0.1, 0.15) is 34.5 Å². The van der Waals surface area contributed by atoms with Crippen LogP contribution in [0.15, 0.2) is 35.5 Å². The second kappa shape index (κ2) is 10.2. The van der Waals surface area contributed by atoms with Crippen molar-refractivity contribution >= 4 is 51.6 Å². The SMILES string of the molecule is CNc1cc(Cl)c(Cl)c2c1Cc1ncc(-c3cnc4c(c3)c(=O)c(C(=O)O)cn4C)c(N3CC4[C@H](CC[C@H]4N(C)C)C3)c1-2. The van der Waals surface area contributed by atoms with Crippen LogP contribution in [-0.2, 0) is 13.5 Å². The van der Waals surface area contributed by atoms with Gasteiger partial charge in [-0.05, 0) is 56.5 Å². The van der Waals surface area contributed by atoms with E-state index in [2.05, 4.69) is 34.2 Å². The first kappa shape index (κ1) is 28.1. The van der Waals surface area contributed by atoms with Crippen molar-refractivity contribution in [3.05, 3.63) is 67.8 Å². The molecule has 0 radical (unpaired) electrons. The van der Waals surface area contributed by atoms with Crippen LogP contribution < -0.4 is 15.6 Å². The predicted molar refractivity (Wildman–Crippen MR) is 171 cm³/mol. The molecule has 2 aliphatic carbocycles. The van der Waals surface area contributed by atoms with Gasteiger partial charge in [-0.3, -0.25) is 9.78 Å². The van der Waals surface area contributed by atoms with Crippen LogP contribution in [0.3, 0.4) is 0 Å². The number of fused-ring (bicyclic) bond motifs is 5. The Bertz CT molecular complexity index is 1910. The van der Waals surface area contributed by atoms with Crippen LogP contribution in [0.4, 0.5) is 11.4 Å². The Morgan fingerprint density at radius 2 is 1.91 bits per heavy atom. The average molecular weight is 620 g/mol. The second-order valence-electron chi connectivity index (χ2n) is 12.2. The first-order valence-electron chi connectivity index (χ1n) is 14.4. The zero-order chi connectivity index (χ0) is 30.3. The molecule has 4 aromatic rings. The number of carboxylic acids is 1. The van der Waals surface area contributed by atoms with Gasteiger partial charge >= 0.3 is 5.97 Å². The fourth-order valence-corrected chi connectivity index (χ4v) is 8.17. The maximum absolute atomic E-state index is 13.3. The molecule has 4 heterocycles. The molecule has 1 aliphatic heterocycles. The van der Waals surface area contributed by atoms with Gasteiger partial charge in [0.2, 0.25) is 5.43 Å². The molecule has 3 atom stereocenters. The molecule has 0 spiro atoms. The van der Waals surface area contributed by atoms with E-state index in [0.29, 0.717) is 45.6 Å². The lowest BCUT2D eigenvalue weighted by Crippen LogP contribution is -2.35. The normalized spacial score (nSPS) is 20.5. The standard InChI is InChI=1S/C32H32Cl2N6O3/c1-35-23-9-22(33)28(34)26-17(23)8-24-27(26)29(40-12-15-5-6-25(38(2)3)20(15)14-40)19(11-36-24)16-7-18-30(41)21(32(42)43)13-39(4)31(18)37-10-16/h7,9-11,13,15,20,25,35H,5-6,8,12,14H2,1-4H3,(H,42,43)/t15-,20?,25-/m1/s1. The Balaban J connectivity index is 1.48. The number of aromatic carboxylic acids is 1. The molecule has 9 nitrogen and oxygen atoms in total. The molecule has 1 saturated carbocycles. The Morgan fingerprint density at radius 3 is 2.63 bits per heavy atom. The number of halogens is 2. The van der Waals surface area contributed by atoms with Gasteiger partial charge in [-0.15, -0.1) is 0 Å². The van der Waals surface area contributed by atoms with Crippen molar-refractivity contribution in [3.8, 4) is 22.3 Å². The molecule has 43 heavy (non-hydrogen) atoms.